The second-order valence-corrected chi connectivity index (χ2v) is 5.20. The quantitative estimate of drug-likeness (QED) is 0.737. The fourth-order valence-corrected chi connectivity index (χ4v) is 2.67. The third-order valence-corrected chi connectivity index (χ3v) is 3.71. The van der Waals surface area contributed by atoms with Gasteiger partial charge in [0.05, 0.1) is 12.3 Å². The summed E-state index contributed by atoms with van der Waals surface area (Å²) in [6.07, 6.45) is 9.62. The number of piperidine rings is 2. The largest absolute Gasteiger partial charge is 0.387 e. The van der Waals surface area contributed by atoms with Crippen LogP contribution in [0.3, 0.4) is 0 Å². The minimum Gasteiger partial charge on any atom is -0.387 e. The number of hydrogen-bond donors (Lipinski definition) is 2. The number of unbranched alkanes of at least 4 members (excludes halogenated alkanes) is 1. The molecule has 0 aliphatic carbocycles. The average Bonchev–Trinajstić information content (AvgIpc) is 2.45. The number of rotatable bonds is 5. The molecule has 18 heavy (non-hydrogen) atoms. The Bertz CT molecular complexity index is 270. The Labute approximate surface area is 110 Å². The zero-order chi connectivity index (χ0) is 12.6. The number of allylic oxidation sites excluding steroid dienone is 2. The van der Waals surface area contributed by atoms with E-state index in [0.717, 1.165) is 39.1 Å². The van der Waals surface area contributed by atoms with Gasteiger partial charge in [0, 0.05) is 18.8 Å². The molecule has 0 aromatic heterocycles. The minimum absolute atomic E-state index is 0.763. The second-order valence-electron chi connectivity index (χ2n) is 5.20. The van der Waals surface area contributed by atoms with Gasteiger partial charge >= 0.3 is 0 Å². The first kappa shape index (κ1) is 13.7. The van der Waals surface area contributed by atoms with Crippen molar-refractivity contribution in [2.75, 3.05) is 26.2 Å². The summed E-state index contributed by atoms with van der Waals surface area (Å²) in [6.45, 7) is 3.73. The Hall–Kier alpha value is -0.740. The Kier molecular flexibility index (Phi) is 5.81. The van der Waals surface area contributed by atoms with Crippen LogP contribution < -0.4 is 11.1 Å². The molecule has 0 spiro atoms. The Morgan fingerprint density at radius 1 is 1.11 bits per heavy atom. The third kappa shape index (κ3) is 3.89. The van der Waals surface area contributed by atoms with E-state index in [4.69, 9.17) is 10.6 Å². The summed E-state index contributed by atoms with van der Waals surface area (Å²) in [7, 11) is 0. The topological polar surface area (TPSA) is 50.5 Å². The molecule has 0 unspecified atom stereocenters. The zero-order valence-corrected chi connectivity index (χ0v) is 11.4. The van der Waals surface area contributed by atoms with Crippen LogP contribution in [0.4, 0.5) is 0 Å². The number of hydroxylamine groups is 2. The van der Waals surface area contributed by atoms with Gasteiger partial charge in [0.2, 0.25) is 0 Å². The molecule has 0 amide bonds. The maximum absolute atomic E-state index is 5.93. The molecule has 2 rings (SSSR count). The molecule has 104 valence electrons. The van der Waals surface area contributed by atoms with Gasteiger partial charge in [0.1, 0.15) is 0 Å². The molecule has 0 radical (unpaired) electrons. The minimum atomic E-state index is 0.763. The molecule has 0 aromatic carbocycles. The molecule has 0 saturated carbocycles. The summed E-state index contributed by atoms with van der Waals surface area (Å²) >= 11 is 0. The van der Waals surface area contributed by atoms with Crippen LogP contribution in [-0.4, -0.2) is 31.3 Å². The lowest BCUT2D eigenvalue weighted by Gasteiger charge is -2.34. The normalized spacial score (nSPS) is 25.1. The maximum atomic E-state index is 5.93. The Morgan fingerprint density at radius 3 is 2.78 bits per heavy atom. The summed E-state index contributed by atoms with van der Waals surface area (Å²) in [6, 6.07) is 0. The Morgan fingerprint density at radius 2 is 2.00 bits per heavy atom. The van der Waals surface area contributed by atoms with Gasteiger partial charge in [-0.1, -0.05) is 0 Å². The van der Waals surface area contributed by atoms with Gasteiger partial charge in [-0.15, -0.1) is 0 Å². The first-order valence-electron chi connectivity index (χ1n) is 7.48. The predicted molar refractivity (Wildman–Crippen MR) is 73.7 cm³/mol. The van der Waals surface area contributed by atoms with Crippen LogP contribution >= 0.6 is 0 Å². The van der Waals surface area contributed by atoms with E-state index in [1.807, 2.05) is 0 Å². The summed E-state index contributed by atoms with van der Waals surface area (Å²) < 4.78 is 0. The lowest BCUT2D eigenvalue weighted by molar-refractivity contribution is -0.143. The molecule has 4 heteroatoms. The van der Waals surface area contributed by atoms with Crippen molar-refractivity contribution in [3.05, 3.63) is 11.4 Å². The van der Waals surface area contributed by atoms with Crippen LogP contribution in [0, 0.1) is 0 Å². The lowest BCUT2D eigenvalue weighted by Crippen LogP contribution is -2.33. The molecule has 2 saturated heterocycles. The van der Waals surface area contributed by atoms with Crippen molar-refractivity contribution in [1.29, 1.82) is 0 Å². The van der Waals surface area contributed by atoms with Crippen molar-refractivity contribution in [3.8, 4) is 0 Å². The van der Waals surface area contributed by atoms with E-state index in [1.54, 1.807) is 0 Å². The fourth-order valence-electron chi connectivity index (χ4n) is 2.67. The molecular weight excluding hydrogens is 226 g/mol. The molecule has 4 nitrogen and oxygen atoms in total. The molecule has 3 N–H and O–H groups in total. The maximum Gasteiger partial charge on any atom is 0.0749 e. The summed E-state index contributed by atoms with van der Waals surface area (Å²) in [4.78, 5) is 5.93. The van der Waals surface area contributed by atoms with Gasteiger partial charge in [-0.05, 0) is 57.9 Å². The fraction of sp³-hybridized carbons (Fsp3) is 0.857. The number of nitrogens with one attached hydrogen (secondary N) is 1. The molecule has 0 atom stereocenters. The molecule has 0 aromatic rings. The van der Waals surface area contributed by atoms with E-state index in [1.165, 1.54) is 49.9 Å². The van der Waals surface area contributed by atoms with E-state index in [0.29, 0.717) is 0 Å². The van der Waals surface area contributed by atoms with Gasteiger partial charge in [-0.25, -0.2) is 0 Å². The SMILES string of the molecule is NCCCCON1CCCC/C1=C1/CCCCN1. The third-order valence-electron chi connectivity index (χ3n) is 3.71. The number of nitrogens with two attached hydrogens (primary N) is 1. The van der Waals surface area contributed by atoms with Crippen LogP contribution in [0.15, 0.2) is 11.4 Å². The zero-order valence-electron chi connectivity index (χ0n) is 11.4. The van der Waals surface area contributed by atoms with Crippen LogP contribution in [0.2, 0.25) is 0 Å². The van der Waals surface area contributed by atoms with E-state index < -0.39 is 0 Å². The van der Waals surface area contributed by atoms with Gasteiger partial charge in [-0.3, -0.25) is 9.90 Å². The van der Waals surface area contributed by atoms with Crippen LogP contribution in [0.25, 0.3) is 0 Å². The average molecular weight is 253 g/mol. The highest BCUT2D eigenvalue weighted by Gasteiger charge is 2.20. The van der Waals surface area contributed by atoms with Crippen molar-refractivity contribution in [3.63, 3.8) is 0 Å². The van der Waals surface area contributed by atoms with Gasteiger partial charge < -0.3 is 11.1 Å². The van der Waals surface area contributed by atoms with Crippen LogP contribution in [0.1, 0.15) is 51.4 Å². The van der Waals surface area contributed by atoms with Gasteiger partial charge in [0.15, 0.2) is 0 Å². The highest BCUT2D eigenvalue weighted by molar-refractivity contribution is 5.13. The monoisotopic (exact) mass is 253 g/mol. The first-order chi connectivity index (χ1) is 8.92. The lowest BCUT2D eigenvalue weighted by atomic mass is 10.0. The van der Waals surface area contributed by atoms with E-state index in [-0.39, 0.29) is 0 Å². The molecule has 2 heterocycles. The van der Waals surface area contributed by atoms with Crippen LogP contribution in [0.5, 0.6) is 0 Å². The van der Waals surface area contributed by atoms with E-state index in [9.17, 15) is 0 Å². The first-order valence-corrected chi connectivity index (χ1v) is 7.48. The number of nitrogens with zero attached hydrogens (tertiary/aromatic N) is 1. The molecule has 2 fully saturated rings. The van der Waals surface area contributed by atoms with Crippen molar-refractivity contribution in [1.82, 2.24) is 10.4 Å². The number of hydrogen-bond acceptors (Lipinski definition) is 4. The predicted octanol–water partition coefficient (Wildman–Crippen LogP) is 2.13. The van der Waals surface area contributed by atoms with Crippen LogP contribution in [-0.2, 0) is 4.84 Å². The van der Waals surface area contributed by atoms with E-state index in [2.05, 4.69) is 10.4 Å². The van der Waals surface area contributed by atoms with E-state index >= 15 is 0 Å². The molecular formula is C14H27N3O. The van der Waals surface area contributed by atoms with Crippen molar-refractivity contribution < 1.29 is 4.84 Å². The standard InChI is InChI=1S/C14H27N3O/c15-9-3-6-12-18-17-11-5-2-8-14(17)13-7-1-4-10-16-13/h16H,1-12,15H2/b14-13+. The van der Waals surface area contributed by atoms with Crippen molar-refractivity contribution in [2.24, 2.45) is 5.73 Å². The van der Waals surface area contributed by atoms with Gasteiger partial charge in [-0.2, -0.15) is 0 Å². The highest BCUT2D eigenvalue weighted by Crippen LogP contribution is 2.26. The molecule has 2 aliphatic rings. The van der Waals surface area contributed by atoms with Gasteiger partial charge in [0.25, 0.3) is 0 Å². The van der Waals surface area contributed by atoms with Crippen molar-refractivity contribution in [2.45, 2.75) is 51.4 Å². The summed E-state index contributed by atoms with van der Waals surface area (Å²) in [5, 5.41) is 5.70. The summed E-state index contributed by atoms with van der Waals surface area (Å²) in [5.41, 5.74) is 8.34. The molecule has 2 aliphatic heterocycles. The smallest absolute Gasteiger partial charge is 0.0749 e. The second kappa shape index (κ2) is 7.64. The van der Waals surface area contributed by atoms with Crippen molar-refractivity contribution >= 4 is 0 Å². The summed E-state index contributed by atoms with van der Waals surface area (Å²) in [5.74, 6) is 0. The highest BCUT2D eigenvalue weighted by atomic mass is 16.7. The molecule has 0 bridgehead atoms. The Balaban J connectivity index is 1.88.